The molecule has 0 atom stereocenters. The van der Waals surface area contributed by atoms with Gasteiger partial charge in [0.05, 0.1) is 36.1 Å². The van der Waals surface area contributed by atoms with Gasteiger partial charge in [-0.2, -0.15) is 0 Å². The highest BCUT2D eigenvalue weighted by atomic mass is 32.1. The molecule has 3 aliphatic rings. The van der Waals surface area contributed by atoms with Gasteiger partial charge in [-0.25, -0.2) is 4.79 Å². The smallest absolute Gasteiger partial charge is 0.348 e. The molecule has 2 aromatic rings. The largest absolute Gasteiger partial charge is 0.489 e. The lowest BCUT2D eigenvalue weighted by Crippen LogP contribution is -2.47. The number of rotatable bonds is 8. The van der Waals surface area contributed by atoms with Crippen LogP contribution in [0.25, 0.3) is 0 Å². The second kappa shape index (κ2) is 14.4. The van der Waals surface area contributed by atoms with Gasteiger partial charge < -0.3 is 19.5 Å². The average Bonchev–Trinajstić information content (AvgIpc) is 3.42. The highest BCUT2D eigenvalue weighted by Gasteiger charge is 2.38. The quantitative estimate of drug-likeness (QED) is 0.331. The Kier molecular flexibility index (Phi) is 10.7. The molecule has 0 radical (unpaired) electrons. The Bertz CT molecular complexity index is 1350. The second-order valence-electron chi connectivity index (χ2n) is 13.8. The first-order valence-corrected chi connectivity index (χ1v) is 17.0. The first-order valence-electron chi connectivity index (χ1n) is 16.2. The van der Waals surface area contributed by atoms with Gasteiger partial charge in [0.2, 0.25) is 5.91 Å². The number of carbonyl (C=O) groups excluding carboxylic acids is 1. The van der Waals surface area contributed by atoms with E-state index in [-0.39, 0.29) is 34.3 Å². The van der Waals surface area contributed by atoms with Crippen LogP contribution in [0.5, 0.6) is 5.75 Å². The molecule has 44 heavy (non-hydrogen) atoms. The van der Waals surface area contributed by atoms with Crippen molar-refractivity contribution in [2.45, 2.75) is 97.8 Å². The number of nitrogens with zero attached hydrogens (tertiary/aromatic N) is 3. The summed E-state index contributed by atoms with van der Waals surface area (Å²) >= 11 is 1.17. The number of aromatic carboxylic acids is 1. The van der Waals surface area contributed by atoms with Gasteiger partial charge in [-0.05, 0) is 95.8 Å². The zero-order valence-electron chi connectivity index (χ0n) is 26.6. The minimum absolute atomic E-state index is 0.0220. The number of carbonyl (C=O) groups is 2. The lowest BCUT2D eigenvalue weighted by Gasteiger charge is -2.39. The van der Waals surface area contributed by atoms with E-state index in [4.69, 9.17) is 9.47 Å². The maximum absolute atomic E-state index is 14.2. The molecular formula is C35H47N3O5S. The summed E-state index contributed by atoms with van der Waals surface area (Å²) in [4.78, 5) is 36.2. The van der Waals surface area contributed by atoms with Gasteiger partial charge in [0.1, 0.15) is 10.6 Å². The van der Waals surface area contributed by atoms with Crippen LogP contribution in [0.1, 0.15) is 99.2 Å². The van der Waals surface area contributed by atoms with Crippen molar-refractivity contribution in [3.8, 4) is 17.6 Å². The van der Waals surface area contributed by atoms with Crippen LogP contribution in [0.4, 0.5) is 5.69 Å². The van der Waals surface area contributed by atoms with Gasteiger partial charge in [0.25, 0.3) is 0 Å². The molecule has 2 aromatic heterocycles. The summed E-state index contributed by atoms with van der Waals surface area (Å²) in [7, 11) is 0. The number of carboxylic acids is 1. The van der Waals surface area contributed by atoms with Gasteiger partial charge in [-0.3, -0.25) is 14.7 Å². The zero-order chi connectivity index (χ0) is 31.3. The SMILES string of the molecule is CC1CCC(C(=O)N(c2cc(C#CC(C)(C)C)sc2C(=O)O)[C@H]2CC[C@H](Oc3cncc(CN4CCOCC4)c3)CC2)CC1. The fourth-order valence-electron chi connectivity index (χ4n) is 6.47. The lowest BCUT2D eigenvalue weighted by atomic mass is 9.81. The third-order valence-electron chi connectivity index (χ3n) is 8.92. The fraction of sp³-hybridized carbons (Fsp3) is 0.629. The first-order chi connectivity index (χ1) is 21.1. The Morgan fingerprint density at radius 1 is 1.07 bits per heavy atom. The molecule has 3 heterocycles. The number of hydrogen-bond acceptors (Lipinski definition) is 7. The van der Waals surface area contributed by atoms with Crippen LogP contribution in [-0.2, 0) is 16.1 Å². The maximum atomic E-state index is 14.2. The van der Waals surface area contributed by atoms with E-state index >= 15 is 0 Å². The second-order valence-corrected chi connectivity index (χ2v) is 14.8. The number of ether oxygens (including phenoxy) is 2. The molecule has 1 N–H and O–H groups in total. The number of morpholine rings is 1. The van der Waals surface area contributed by atoms with Crippen molar-refractivity contribution in [3.05, 3.63) is 39.8 Å². The number of carboxylic acid groups (broad SMARTS) is 1. The van der Waals surface area contributed by atoms with Crippen LogP contribution < -0.4 is 9.64 Å². The highest BCUT2D eigenvalue weighted by Crippen LogP contribution is 2.39. The summed E-state index contributed by atoms with van der Waals surface area (Å²) in [5.74, 6) is 6.78. The molecule has 1 aliphatic heterocycles. The third-order valence-corrected chi connectivity index (χ3v) is 9.95. The predicted octanol–water partition coefficient (Wildman–Crippen LogP) is 6.62. The molecule has 1 saturated heterocycles. The summed E-state index contributed by atoms with van der Waals surface area (Å²) in [6.07, 6.45) is 10.5. The molecule has 0 aromatic carbocycles. The standard InChI is InChI=1S/C35H47N3O5S/c1-24-5-7-26(8-6-24)33(39)38(31-20-30(13-14-35(2,3)4)44-32(31)34(40)41)27-9-11-28(12-10-27)43-29-19-25(21-36-22-29)23-37-15-17-42-18-16-37/h19-22,24,26-28H,5-12,15-18,23H2,1-4H3,(H,40,41)/t24?,26?,27-,28-. The molecule has 0 spiro atoms. The van der Waals surface area contributed by atoms with Crippen molar-refractivity contribution < 1.29 is 24.2 Å². The molecule has 1 amide bonds. The van der Waals surface area contributed by atoms with Gasteiger partial charge >= 0.3 is 5.97 Å². The van der Waals surface area contributed by atoms with Crippen molar-refractivity contribution in [2.24, 2.45) is 17.3 Å². The number of pyridine rings is 1. The maximum Gasteiger partial charge on any atom is 0.348 e. The van der Waals surface area contributed by atoms with Crippen LogP contribution in [0, 0.1) is 29.1 Å². The van der Waals surface area contributed by atoms with Gasteiger partial charge in [-0.15, -0.1) is 11.3 Å². The summed E-state index contributed by atoms with van der Waals surface area (Å²) < 4.78 is 11.9. The molecule has 8 nitrogen and oxygen atoms in total. The molecule has 2 saturated carbocycles. The van der Waals surface area contributed by atoms with E-state index in [1.165, 1.54) is 11.3 Å². The van der Waals surface area contributed by atoms with E-state index in [1.807, 2.05) is 37.9 Å². The Labute approximate surface area is 266 Å². The molecule has 0 unspecified atom stereocenters. The summed E-state index contributed by atoms with van der Waals surface area (Å²) in [6, 6.07) is 3.84. The van der Waals surface area contributed by atoms with E-state index < -0.39 is 5.97 Å². The molecular weight excluding hydrogens is 574 g/mol. The summed E-state index contributed by atoms with van der Waals surface area (Å²) in [5.41, 5.74) is 1.42. The van der Waals surface area contributed by atoms with E-state index in [2.05, 4.69) is 34.7 Å². The minimum atomic E-state index is -1.01. The number of aromatic nitrogens is 1. The molecule has 0 bridgehead atoms. The molecule has 9 heteroatoms. The topological polar surface area (TPSA) is 92.2 Å². The van der Waals surface area contributed by atoms with Gasteiger partial charge in [-0.1, -0.05) is 18.8 Å². The number of anilines is 1. The average molecular weight is 622 g/mol. The predicted molar refractivity (Wildman–Crippen MR) is 173 cm³/mol. The van der Waals surface area contributed by atoms with E-state index in [0.29, 0.717) is 16.5 Å². The Hall–Kier alpha value is -2.93. The van der Waals surface area contributed by atoms with Crippen molar-refractivity contribution in [1.82, 2.24) is 9.88 Å². The van der Waals surface area contributed by atoms with Crippen LogP contribution >= 0.6 is 11.3 Å². The van der Waals surface area contributed by atoms with Crippen LogP contribution in [0.15, 0.2) is 24.5 Å². The number of thiophene rings is 1. The van der Waals surface area contributed by atoms with E-state index in [0.717, 1.165) is 95.5 Å². The number of hydrogen-bond donors (Lipinski definition) is 1. The Balaban J connectivity index is 1.32. The molecule has 238 valence electrons. The minimum Gasteiger partial charge on any atom is -0.489 e. The molecule has 2 aliphatic carbocycles. The van der Waals surface area contributed by atoms with Crippen molar-refractivity contribution in [2.75, 3.05) is 31.2 Å². The Morgan fingerprint density at radius 3 is 2.43 bits per heavy atom. The monoisotopic (exact) mass is 621 g/mol. The van der Waals surface area contributed by atoms with Gasteiger partial charge in [0.15, 0.2) is 0 Å². The zero-order valence-corrected chi connectivity index (χ0v) is 27.5. The summed E-state index contributed by atoms with van der Waals surface area (Å²) in [6.45, 7) is 12.5. The lowest BCUT2D eigenvalue weighted by molar-refractivity contribution is -0.124. The fourth-order valence-corrected chi connectivity index (χ4v) is 7.31. The van der Waals surface area contributed by atoms with Gasteiger partial charge in [0, 0.05) is 43.2 Å². The highest BCUT2D eigenvalue weighted by molar-refractivity contribution is 7.15. The summed E-state index contributed by atoms with van der Waals surface area (Å²) in [5, 5.41) is 10.2. The number of amides is 1. The van der Waals surface area contributed by atoms with E-state index in [1.54, 1.807) is 6.20 Å². The van der Waals surface area contributed by atoms with Crippen LogP contribution in [-0.4, -0.2) is 65.3 Å². The molecule has 3 fully saturated rings. The van der Waals surface area contributed by atoms with Crippen molar-refractivity contribution >= 4 is 28.9 Å². The van der Waals surface area contributed by atoms with Crippen molar-refractivity contribution in [3.63, 3.8) is 0 Å². The van der Waals surface area contributed by atoms with Crippen LogP contribution in [0.3, 0.4) is 0 Å². The molecule has 5 rings (SSSR count). The normalized spacial score (nSPS) is 24.6. The Morgan fingerprint density at radius 2 is 1.77 bits per heavy atom. The van der Waals surface area contributed by atoms with E-state index in [9.17, 15) is 14.7 Å². The third kappa shape index (κ3) is 8.62. The van der Waals surface area contributed by atoms with Crippen LogP contribution in [0.2, 0.25) is 0 Å². The van der Waals surface area contributed by atoms with Crippen molar-refractivity contribution in [1.29, 1.82) is 0 Å². The first kappa shape index (κ1) is 32.5.